The molecule has 2 rings (SSSR count). The Kier molecular flexibility index (Phi) is 0.964. The van der Waals surface area contributed by atoms with E-state index >= 15 is 0 Å². The summed E-state index contributed by atoms with van der Waals surface area (Å²) in [5, 5.41) is 0. The van der Waals surface area contributed by atoms with Crippen molar-refractivity contribution in [3.05, 3.63) is 0 Å². The van der Waals surface area contributed by atoms with Gasteiger partial charge in [-0.2, -0.15) is 0 Å². The van der Waals surface area contributed by atoms with Gasteiger partial charge in [-0.15, -0.1) is 0 Å². The van der Waals surface area contributed by atoms with Crippen molar-refractivity contribution in [3.8, 4) is 0 Å². The Labute approximate surface area is 64.0 Å². The average molecular weight is 138 g/mol. The van der Waals surface area contributed by atoms with Crippen LogP contribution < -0.4 is 0 Å². The van der Waals surface area contributed by atoms with Gasteiger partial charge in [0.15, 0.2) is 0 Å². The Morgan fingerprint density at radius 1 is 1.30 bits per heavy atom. The first kappa shape index (κ1) is 6.69. The van der Waals surface area contributed by atoms with Gasteiger partial charge in [-0.1, -0.05) is 34.1 Å². The monoisotopic (exact) mass is 138 g/mol. The summed E-state index contributed by atoms with van der Waals surface area (Å²) in [6.07, 6.45) is 2.91. The molecule has 0 N–H and O–H groups in total. The molecule has 0 heterocycles. The highest BCUT2D eigenvalue weighted by Crippen LogP contribution is 2.82. The molecule has 0 saturated heterocycles. The van der Waals surface area contributed by atoms with Crippen molar-refractivity contribution in [2.24, 2.45) is 22.7 Å². The Hall–Kier alpha value is 0. The molecule has 2 fully saturated rings. The summed E-state index contributed by atoms with van der Waals surface area (Å²) in [4.78, 5) is 0. The summed E-state index contributed by atoms with van der Waals surface area (Å²) in [5.74, 6) is 2.14. The molecule has 2 aliphatic rings. The lowest BCUT2D eigenvalue weighted by molar-refractivity contribution is 0.190. The molecule has 3 atom stereocenters. The molecular formula is C10H18. The van der Waals surface area contributed by atoms with Gasteiger partial charge in [-0.3, -0.25) is 0 Å². The molecule has 58 valence electrons. The molecule has 0 aromatic rings. The third-order valence-electron chi connectivity index (χ3n) is 4.53. The maximum absolute atomic E-state index is 2.46. The van der Waals surface area contributed by atoms with Crippen LogP contribution in [0.3, 0.4) is 0 Å². The van der Waals surface area contributed by atoms with Gasteiger partial charge < -0.3 is 0 Å². The van der Waals surface area contributed by atoms with Gasteiger partial charge in [0.2, 0.25) is 0 Å². The highest BCUT2D eigenvalue weighted by Gasteiger charge is 2.76. The molecule has 0 amide bonds. The van der Waals surface area contributed by atoms with Crippen LogP contribution in [0, 0.1) is 22.7 Å². The highest BCUT2D eigenvalue weighted by atomic mass is 14.8. The topological polar surface area (TPSA) is 0 Å². The second-order valence-electron chi connectivity index (χ2n) is 4.99. The van der Waals surface area contributed by atoms with Gasteiger partial charge >= 0.3 is 0 Å². The van der Waals surface area contributed by atoms with Gasteiger partial charge in [0, 0.05) is 0 Å². The SMILES string of the molecule is CCC1CC2(C)C1C2(C)C. The van der Waals surface area contributed by atoms with E-state index in [1.165, 1.54) is 12.8 Å². The normalized spacial score (nSPS) is 55.2. The molecule has 0 nitrogen and oxygen atoms in total. The van der Waals surface area contributed by atoms with Crippen LogP contribution in [0.15, 0.2) is 0 Å². The quantitative estimate of drug-likeness (QED) is 0.522. The van der Waals surface area contributed by atoms with E-state index in [2.05, 4.69) is 27.7 Å². The van der Waals surface area contributed by atoms with Gasteiger partial charge in [0.1, 0.15) is 0 Å². The van der Waals surface area contributed by atoms with E-state index in [0.717, 1.165) is 17.3 Å². The molecule has 10 heavy (non-hydrogen) atoms. The van der Waals surface area contributed by atoms with Crippen LogP contribution in [0.1, 0.15) is 40.5 Å². The maximum Gasteiger partial charge on any atom is -0.0233 e. The molecule has 0 aliphatic heterocycles. The van der Waals surface area contributed by atoms with Crippen LogP contribution in [0.25, 0.3) is 0 Å². The molecule has 3 unspecified atom stereocenters. The standard InChI is InChI=1S/C10H18/c1-5-7-6-10(4)8(7)9(10,2)3/h7-8H,5-6H2,1-4H3. The summed E-state index contributed by atoms with van der Waals surface area (Å²) in [7, 11) is 0. The lowest BCUT2D eigenvalue weighted by Gasteiger charge is -2.30. The molecule has 0 radical (unpaired) electrons. The first-order valence-corrected chi connectivity index (χ1v) is 4.54. The number of fused-ring (bicyclic) bond motifs is 1. The largest absolute Gasteiger partial charge is 0.0651 e. The molecule has 0 aromatic heterocycles. The third kappa shape index (κ3) is 0.436. The van der Waals surface area contributed by atoms with E-state index in [-0.39, 0.29) is 0 Å². The van der Waals surface area contributed by atoms with Crippen LogP contribution in [0.5, 0.6) is 0 Å². The van der Waals surface area contributed by atoms with Crippen molar-refractivity contribution >= 4 is 0 Å². The molecule has 2 saturated carbocycles. The van der Waals surface area contributed by atoms with Gasteiger partial charge in [-0.25, -0.2) is 0 Å². The number of hydrogen-bond acceptors (Lipinski definition) is 0. The Balaban J connectivity index is 2.12. The zero-order valence-corrected chi connectivity index (χ0v) is 7.57. The average Bonchev–Trinajstić information content (AvgIpc) is 2.09. The highest BCUT2D eigenvalue weighted by molar-refractivity contribution is 5.24. The Bertz CT molecular complexity index is 159. The van der Waals surface area contributed by atoms with Crippen LogP contribution in [0.4, 0.5) is 0 Å². The van der Waals surface area contributed by atoms with E-state index in [1.54, 1.807) is 0 Å². The summed E-state index contributed by atoms with van der Waals surface area (Å²) < 4.78 is 0. The lowest BCUT2D eigenvalue weighted by atomic mass is 9.75. The summed E-state index contributed by atoms with van der Waals surface area (Å²) in [6.45, 7) is 9.67. The van der Waals surface area contributed by atoms with Gasteiger partial charge in [0.25, 0.3) is 0 Å². The van der Waals surface area contributed by atoms with Crippen molar-refractivity contribution in [2.75, 3.05) is 0 Å². The molecule has 0 bridgehead atoms. The lowest BCUT2D eigenvalue weighted by Crippen LogP contribution is -2.22. The van der Waals surface area contributed by atoms with Crippen LogP contribution in [-0.2, 0) is 0 Å². The molecule has 0 spiro atoms. The molecule has 2 aliphatic carbocycles. The summed E-state index contributed by atoms with van der Waals surface area (Å²) in [5.41, 5.74) is 1.45. The second-order valence-corrected chi connectivity index (χ2v) is 4.99. The Morgan fingerprint density at radius 3 is 2.00 bits per heavy atom. The van der Waals surface area contributed by atoms with E-state index < -0.39 is 0 Å². The summed E-state index contributed by atoms with van der Waals surface area (Å²) in [6, 6.07) is 0. The fraction of sp³-hybridized carbons (Fsp3) is 1.00. The third-order valence-corrected chi connectivity index (χ3v) is 4.53. The Morgan fingerprint density at radius 2 is 1.90 bits per heavy atom. The van der Waals surface area contributed by atoms with Crippen molar-refractivity contribution in [1.82, 2.24) is 0 Å². The van der Waals surface area contributed by atoms with Gasteiger partial charge in [0.05, 0.1) is 0 Å². The number of hydrogen-bond donors (Lipinski definition) is 0. The maximum atomic E-state index is 2.46. The minimum atomic E-state index is 0.688. The zero-order valence-electron chi connectivity index (χ0n) is 7.57. The predicted octanol–water partition coefficient (Wildman–Crippen LogP) is 3.08. The molecule has 0 heteroatoms. The first-order chi connectivity index (χ1) is 4.54. The zero-order chi connectivity index (χ0) is 7.57. The van der Waals surface area contributed by atoms with Crippen LogP contribution in [0.2, 0.25) is 0 Å². The van der Waals surface area contributed by atoms with E-state index in [1.807, 2.05) is 0 Å². The van der Waals surface area contributed by atoms with Gasteiger partial charge in [-0.05, 0) is 29.1 Å². The minimum absolute atomic E-state index is 0.688. The smallest absolute Gasteiger partial charge is 0.0233 e. The fourth-order valence-electron chi connectivity index (χ4n) is 3.50. The first-order valence-electron chi connectivity index (χ1n) is 4.54. The molecular weight excluding hydrogens is 120 g/mol. The number of rotatable bonds is 1. The van der Waals surface area contributed by atoms with Crippen molar-refractivity contribution in [2.45, 2.75) is 40.5 Å². The van der Waals surface area contributed by atoms with Crippen molar-refractivity contribution in [1.29, 1.82) is 0 Å². The second kappa shape index (κ2) is 1.44. The van der Waals surface area contributed by atoms with E-state index in [4.69, 9.17) is 0 Å². The minimum Gasteiger partial charge on any atom is -0.0651 e. The van der Waals surface area contributed by atoms with E-state index in [9.17, 15) is 0 Å². The van der Waals surface area contributed by atoms with Crippen molar-refractivity contribution < 1.29 is 0 Å². The fourth-order valence-corrected chi connectivity index (χ4v) is 3.50. The summed E-state index contributed by atoms with van der Waals surface area (Å²) >= 11 is 0. The van der Waals surface area contributed by atoms with Crippen LogP contribution >= 0.6 is 0 Å². The van der Waals surface area contributed by atoms with Crippen LogP contribution in [-0.4, -0.2) is 0 Å². The predicted molar refractivity (Wildman–Crippen MR) is 43.8 cm³/mol. The molecule has 0 aromatic carbocycles. The van der Waals surface area contributed by atoms with Crippen molar-refractivity contribution in [3.63, 3.8) is 0 Å². The van der Waals surface area contributed by atoms with E-state index in [0.29, 0.717) is 5.41 Å².